The Bertz CT molecular complexity index is 1190. The summed E-state index contributed by atoms with van der Waals surface area (Å²) in [6.45, 7) is 1.74. The third-order valence-electron chi connectivity index (χ3n) is 5.45. The van der Waals surface area contributed by atoms with Crippen molar-refractivity contribution in [2.45, 2.75) is 25.4 Å². The normalized spacial score (nSPS) is 19.4. The molecule has 3 heterocycles. The molecular weight excluding hydrogens is 416 g/mol. The first-order valence-corrected chi connectivity index (χ1v) is 9.95. The molecule has 3 aromatic rings. The lowest BCUT2D eigenvalue weighted by molar-refractivity contribution is -0.131. The molecule has 1 aromatic heterocycles. The molecule has 1 saturated heterocycles. The third kappa shape index (κ3) is 3.49. The summed E-state index contributed by atoms with van der Waals surface area (Å²) in [6.07, 6.45) is 0.297. The van der Waals surface area contributed by atoms with Gasteiger partial charge in [0.2, 0.25) is 18.5 Å². The van der Waals surface area contributed by atoms with E-state index in [9.17, 15) is 9.59 Å². The number of nitrogens with zero attached hydrogens (tertiary/aromatic N) is 3. The maximum Gasteiger partial charge on any atom is 0.325 e. The van der Waals surface area contributed by atoms with Crippen LogP contribution in [0.1, 0.15) is 18.4 Å². The molecule has 10 heteroatoms. The number of benzene rings is 2. The highest BCUT2D eigenvalue weighted by molar-refractivity contribution is 6.06. The molecule has 1 N–H and O–H groups in total. The summed E-state index contributed by atoms with van der Waals surface area (Å²) < 4.78 is 21.1. The standard InChI is InChI=1S/C22H20N4O6/c1-22(10-13-3-8-16-17(9-13)31-12-30-16)20(27)26(21(28)24-22)11-18-23-19(25-32-18)14-4-6-15(29-2)7-5-14/h3-9H,10-12H2,1-2H3,(H,24,28)/t22-/m0/s1. The second kappa shape index (κ2) is 7.56. The predicted molar refractivity (Wildman–Crippen MR) is 110 cm³/mol. The van der Waals surface area contributed by atoms with Gasteiger partial charge in [0.1, 0.15) is 17.8 Å². The van der Waals surface area contributed by atoms with E-state index >= 15 is 0 Å². The van der Waals surface area contributed by atoms with Gasteiger partial charge in [-0.25, -0.2) is 4.79 Å². The first-order valence-electron chi connectivity index (χ1n) is 9.95. The van der Waals surface area contributed by atoms with Gasteiger partial charge in [-0.05, 0) is 48.9 Å². The van der Waals surface area contributed by atoms with E-state index in [1.807, 2.05) is 12.1 Å². The topological polar surface area (TPSA) is 116 Å². The fourth-order valence-corrected chi connectivity index (χ4v) is 3.78. The Kier molecular flexibility index (Phi) is 4.69. The van der Waals surface area contributed by atoms with E-state index in [4.69, 9.17) is 18.7 Å². The van der Waals surface area contributed by atoms with Crippen molar-refractivity contribution in [1.29, 1.82) is 0 Å². The number of fused-ring (bicyclic) bond motifs is 1. The van der Waals surface area contributed by atoms with Gasteiger partial charge in [-0.1, -0.05) is 11.2 Å². The number of imide groups is 1. The maximum atomic E-state index is 13.1. The average Bonchev–Trinajstić information content (AvgIpc) is 3.50. The van der Waals surface area contributed by atoms with Crippen LogP contribution in [0.5, 0.6) is 17.2 Å². The lowest BCUT2D eigenvalue weighted by atomic mass is 9.92. The number of carbonyl (C=O) groups excluding carboxylic acids is 2. The van der Waals surface area contributed by atoms with Crippen LogP contribution in [0.3, 0.4) is 0 Å². The summed E-state index contributed by atoms with van der Waals surface area (Å²) in [5.41, 5.74) is 0.460. The molecule has 2 aromatic carbocycles. The highest BCUT2D eigenvalue weighted by atomic mass is 16.7. The van der Waals surface area contributed by atoms with Crippen molar-refractivity contribution < 1.29 is 28.3 Å². The van der Waals surface area contributed by atoms with Gasteiger partial charge in [0.25, 0.3) is 5.91 Å². The molecule has 32 heavy (non-hydrogen) atoms. The number of urea groups is 1. The van der Waals surface area contributed by atoms with Gasteiger partial charge in [-0.3, -0.25) is 9.69 Å². The number of nitrogens with one attached hydrogen (secondary N) is 1. The molecule has 2 aliphatic heterocycles. The molecule has 1 fully saturated rings. The van der Waals surface area contributed by atoms with Crippen LogP contribution in [0.25, 0.3) is 11.4 Å². The number of aromatic nitrogens is 2. The molecule has 0 bridgehead atoms. The molecular formula is C22H20N4O6. The van der Waals surface area contributed by atoms with E-state index in [0.29, 0.717) is 29.5 Å². The van der Waals surface area contributed by atoms with Crippen LogP contribution in [-0.2, 0) is 17.8 Å². The number of hydrogen-bond donors (Lipinski definition) is 1. The third-order valence-corrected chi connectivity index (χ3v) is 5.45. The Morgan fingerprint density at radius 3 is 2.69 bits per heavy atom. The number of carbonyl (C=O) groups is 2. The SMILES string of the molecule is COc1ccc(-c2noc(CN3C(=O)N[C@@](C)(Cc4ccc5c(c4)OCO5)C3=O)n2)cc1. The van der Waals surface area contributed by atoms with E-state index in [1.54, 1.807) is 44.4 Å². The molecule has 164 valence electrons. The number of amides is 3. The zero-order chi connectivity index (χ0) is 22.3. The minimum atomic E-state index is -1.11. The van der Waals surface area contributed by atoms with Gasteiger partial charge < -0.3 is 24.1 Å². The minimum Gasteiger partial charge on any atom is -0.497 e. The summed E-state index contributed by atoms with van der Waals surface area (Å²) in [6, 6.07) is 12.1. The van der Waals surface area contributed by atoms with Crippen LogP contribution < -0.4 is 19.5 Å². The van der Waals surface area contributed by atoms with Crippen LogP contribution in [0.4, 0.5) is 4.79 Å². The van der Waals surface area contributed by atoms with Gasteiger partial charge in [0.15, 0.2) is 11.5 Å². The van der Waals surface area contributed by atoms with Crippen LogP contribution in [0.2, 0.25) is 0 Å². The number of hydrogen-bond acceptors (Lipinski definition) is 8. The van der Waals surface area contributed by atoms with Crippen molar-refractivity contribution in [3.63, 3.8) is 0 Å². The van der Waals surface area contributed by atoms with Crippen molar-refractivity contribution in [2.24, 2.45) is 0 Å². The summed E-state index contributed by atoms with van der Waals surface area (Å²) in [7, 11) is 1.58. The molecule has 10 nitrogen and oxygen atoms in total. The monoisotopic (exact) mass is 436 g/mol. The molecule has 3 amide bonds. The zero-order valence-corrected chi connectivity index (χ0v) is 17.5. The molecule has 0 saturated carbocycles. The second-order valence-corrected chi connectivity index (χ2v) is 7.76. The highest BCUT2D eigenvalue weighted by Gasteiger charge is 2.48. The second-order valence-electron chi connectivity index (χ2n) is 7.76. The fourth-order valence-electron chi connectivity index (χ4n) is 3.78. The Morgan fingerprint density at radius 2 is 1.91 bits per heavy atom. The smallest absolute Gasteiger partial charge is 0.325 e. The Balaban J connectivity index is 1.30. The van der Waals surface area contributed by atoms with Gasteiger partial charge >= 0.3 is 6.03 Å². The van der Waals surface area contributed by atoms with Gasteiger partial charge in [0.05, 0.1) is 7.11 Å². The van der Waals surface area contributed by atoms with Crippen molar-refractivity contribution in [3.8, 4) is 28.6 Å². The molecule has 1 atom stereocenters. The molecule has 0 unspecified atom stereocenters. The van der Waals surface area contributed by atoms with Crippen LogP contribution >= 0.6 is 0 Å². The van der Waals surface area contributed by atoms with Crippen molar-refractivity contribution in [1.82, 2.24) is 20.4 Å². The summed E-state index contributed by atoms with van der Waals surface area (Å²) in [5.74, 6) is 2.13. The fraction of sp³-hybridized carbons (Fsp3) is 0.273. The molecule has 0 spiro atoms. The molecule has 5 rings (SSSR count). The van der Waals surface area contributed by atoms with E-state index in [-0.39, 0.29) is 25.1 Å². The Morgan fingerprint density at radius 1 is 1.12 bits per heavy atom. The molecule has 0 aliphatic carbocycles. The minimum absolute atomic E-state index is 0.120. The largest absolute Gasteiger partial charge is 0.497 e. The molecule has 0 radical (unpaired) electrons. The Labute approximate surface area is 183 Å². The van der Waals surface area contributed by atoms with Gasteiger partial charge in [-0.2, -0.15) is 4.98 Å². The van der Waals surface area contributed by atoms with E-state index < -0.39 is 11.6 Å². The lowest BCUT2D eigenvalue weighted by Gasteiger charge is -2.21. The van der Waals surface area contributed by atoms with Crippen molar-refractivity contribution in [3.05, 3.63) is 53.9 Å². The Hall–Kier alpha value is -4.08. The first-order chi connectivity index (χ1) is 15.4. The summed E-state index contributed by atoms with van der Waals surface area (Å²) in [4.78, 5) is 31.1. The van der Waals surface area contributed by atoms with Crippen molar-refractivity contribution in [2.75, 3.05) is 13.9 Å². The van der Waals surface area contributed by atoms with Crippen LogP contribution in [0.15, 0.2) is 47.0 Å². The average molecular weight is 436 g/mol. The summed E-state index contributed by atoms with van der Waals surface area (Å²) in [5, 5.41) is 6.73. The van der Waals surface area contributed by atoms with Gasteiger partial charge in [0, 0.05) is 12.0 Å². The maximum absolute atomic E-state index is 13.1. The van der Waals surface area contributed by atoms with E-state index in [0.717, 1.165) is 16.0 Å². The van der Waals surface area contributed by atoms with Crippen LogP contribution in [0, 0.1) is 0 Å². The van der Waals surface area contributed by atoms with Crippen LogP contribution in [-0.4, -0.2) is 46.4 Å². The zero-order valence-electron chi connectivity index (χ0n) is 17.5. The number of ether oxygens (including phenoxy) is 3. The highest BCUT2D eigenvalue weighted by Crippen LogP contribution is 2.34. The van der Waals surface area contributed by atoms with Gasteiger partial charge in [-0.15, -0.1) is 0 Å². The first kappa shape index (κ1) is 19.9. The lowest BCUT2D eigenvalue weighted by Crippen LogP contribution is -2.45. The predicted octanol–water partition coefficient (Wildman–Crippen LogP) is 2.53. The number of methoxy groups -OCH3 is 1. The number of rotatable bonds is 6. The molecule has 2 aliphatic rings. The van der Waals surface area contributed by atoms with Crippen molar-refractivity contribution >= 4 is 11.9 Å². The quantitative estimate of drug-likeness (QED) is 0.586. The van der Waals surface area contributed by atoms with E-state index in [1.165, 1.54) is 0 Å². The summed E-state index contributed by atoms with van der Waals surface area (Å²) >= 11 is 0. The van der Waals surface area contributed by atoms with E-state index in [2.05, 4.69) is 15.5 Å².